The number of nitrogens with zero attached hydrogens (tertiary/aromatic N) is 1. The van der Waals surface area contributed by atoms with E-state index in [4.69, 9.17) is 0 Å². The minimum absolute atomic E-state index is 0.264. The number of hydrogen-bond donors (Lipinski definition) is 1. The Labute approximate surface area is 97.9 Å². The molecule has 1 aliphatic heterocycles. The molecule has 16 heavy (non-hydrogen) atoms. The maximum Gasteiger partial charge on any atom is 0.0481 e. The van der Waals surface area contributed by atoms with Crippen LogP contribution in [0, 0.1) is 11.3 Å². The van der Waals surface area contributed by atoms with Crippen molar-refractivity contribution < 1.29 is 5.11 Å². The third kappa shape index (κ3) is 2.22. The molecule has 88 valence electrons. The third-order valence-corrected chi connectivity index (χ3v) is 3.91. The molecular formula is C14H21NO. The van der Waals surface area contributed by atoms with Crippen molar-refractivity contribution >= 4 is 5.69 Å². The van der Waals surface area contributed by atoms with Gasteiger partial charge in [0.15, 0.2) is 0 Å². The topological polar surface area (TPSA) is 23.5 Å². The van der Waals surface area contributed by atoms with E-state index in [2.05, 4.69) is 43.0 Å². The Morgan fingerprint density at radius 3 is 2.62 bits per heavy atom. The highest BCUT2D eigenvalue weighted by Crippen LogP contribution is 2.36. The SMILES string of the molecule is CC1(C)CCN(c2ccccc2)CC1CO. The lowest BCUT2D eigenvalue weighted by Crippen LogP contribution is -2.46. The first-order chi connectivity index (χ1) is 7.63. The summed E-state index contributed by atoms with van der Waals surface area (Å²) in [5.74, 6) is 0.376. The second-order valence-corrected chi connectivity index (χ2v) is 5.40. The van der Waals surface area contributed by atoms with Crippen molar-refractivity contribution in [1.82, 2.24) is 0 Å². The van der Waals surface area contributed by atoms with Gasteiger partial charge in [0, 0.05) is 31.3 Å². The van der Waals surface area contributed by atoms with Crippen LogP contribution in [0.3, 0.4) is 0 Å². The lowest BCUT2D eigenvalue weighted by atomic mass is 9.73. The Hall–Kier alpha value is -1.02. The van der Waals surface area contributed by atoms with Gasteiger partial charge in [-0.3, -0.25) is 0 Å². The van der Waals surface area contributed by atoms with Gasteiger partial charge in [0.25, 0.3) is 0 Å². The van der Waals surface area contributed by atoms with Crippen LogP contribution in [0.15, 0.2) is 30.3 Å². The van der Waals surface area contributed by atoms with Gasteiger partial charge in [-0.15, -0.1) is 0 Å². The fourth-order valence-electron chi connectivity index (χ4n) is 2.41. The lowest BCUT2D eigenvalue weighted by molar-refractivity contribution is 0.0968. The standard InChI is InChI=1S/C14H21NO/c1-14(2)8-9-15(10-12(14)11-16)13-6-4-3-5-7-13/h3-7,12,16H,8-11H2,1-2H3. The van der Waals surface area contributed by atoms with Crippen LogP contribution in [0.1, 0.15) is 20.3 Å². The number of benzene rings is 1. The summed E-state index contributed by atoms with van der Waals surface area (Å²) in [5, 5.41) is 9.46. The fraction of sp³-hybridized carbons (Fsp3) is 0.571. The number of aliphatic hydroxyl groups is 1. The normalized spacial score (nSPS) is 24.4. The van der Waals surface area contributed by atoms with Crippen LogP contribution in [0.2, 0.25) is 0 Å². The fourth-order valence-corrected chi connectivity index (χ4v) is 2.41. The average molecular weight is 219 g/mol. The number of piperidine rings is 1. The summed E-state index contributed by atoms with van der Waals surface area (Å²) in [6, 6.07) is 10.5. The van der Waals surface area contributed by atoms with Crippen molar-refractivity contribution in [3.63, 3.8) is 0 Å². The molecule has 0 radical (unpaired) electrons. The largest absolute Gasteiger partial charge is 0.396 e. The number of anilines is 1. The summed E-state index contributed by atoms with van der Waals surface area (Å²) in [4.78, 5) is 2.38. The summed E-state index contributed by atoms with van der Waals surface area (Å²) in [6.07, 6.45) is 1.15. The van der Waals surface area contributed by atoms with Crippen LogP contribution >= 0.6 is 0 Å². The Morgan fingerprint density at radius 1 is 1.31 bits per heavy atom. The zero-order valence-corrected chi connectivity index (χ0v) is 10.2. The number of hydrogen-bond acceptors (Lipinski definition) is 2. The number of aliphatic hydroxyl groups excluding tert-OH is 1. The molecule has 1 atom stereocenters. The van der Waals surface area contributed by atoms with E-state index in [1.807, 2.05) is 6.07 Å². The Bertz CT molecular complexity index is 334. The first-order valence-corrected chi connectivity index (χ1v) is 6.04. The highest BCUT2D eigenvalue weighted by molar-refractivity contribution is 5.46. The summed E-state index contributed by atoms with van der Waals surface area (Å²) < 4.78 is 0. The van der Waals surface area contributed by atoms with E-state index in [0.717, 1.165) is 19.5 Å². The van der Waals surface area contributed by atoms with Gasteiger partial charge < -0.3 is 10.0 Å². The van der Waals surface area contributed by atoms with Crippen LogP contribution in [0.25, 0.3) is 0 Å². The second-order valence-electron chi connectivity index (χ2n) is 5.40. The molecule has 1 heterocycles. The molecule has 2 rings (SSSR count). The van der Waals surface area contributed by atoms with Gasteiger partial charge in [-0.1, -0.05) is 32.0 Å². The minimum atomic E-state index is 0.264. The maximum atomic E-state index is 9.46. The highest BCUT2D eigenvalue weighted by atomic mass is 16.3. The molecule has 0 bridgehead atoms. The molecule has 1 aromatic rings. The molecule has 0 amide bonds. The van der Waals surface area contributed by atoms with E-state index in [1.54, 1.807) is 0 Å². The van der Waals surface area contributed by atoms with E-state index >= 15 is 0 Å². The molecule has 0 aromatic heterocycles. The van der Waals surface area contributed by atoms with Crippen LogP contribution in [0.5, 0.6) is 0 Å². The second kappa shape index (κ2) is 4.46. The zero-order valence-electron chi connectivity index (χ0n) is 10.2. The van der Waals surface area contributed by atoms with Crippen molar-refractivity contribution in [2.24, 2.45) is 11.3 Å². The van der Waals surface area contributed by atoms with Gasteiger partial charge in [-0.2, -0.15) is 0 Å². The van der Waals surface area contributed by atoms with Gasteiger partial charge in [-0.05, 0) is 24.0 Å². The third-order valence-electron chi connectivity index (χ3n) is 3.91. The highest BCUT2D eigenvalue weighted by Gasteiger charge is 2.34. The van der Waals surface area contributed by atoms with Gasteiger partial charge >= 0.3 is 0 Å². The van der Waals surface area contributed by atoms with Crippen molar-refractivity contribution in [3.8, 4) is 0 Å². The molecule has 0 saturated carbocycles. The van der Waals surface area contributed by atoms with Crippen LogP contribution in [-0.4, -0.2) is 24.8 Å². The molecule has 1 aromatic carbocycles. The van der Waals surface area contributed by atoms with Crippen molar-refractivity contribution in [1.29, 1.82) is 0 Å². The average Bonchev–Trinajstić information content (AvgIpc) is 2.30. The zero-order chi connectivity index (χ0) is 11.6. The Kier molecular flexibility index (Phi) is 3.20. The number of para-hydroxylation sites is 1. The van der Waals surface area contributed by atoms with Crippen molar-refractivity contribution in [2.45, 2.75) is 20.3 Å². The summed E-state index contributed by atoms with van der Waals surface area (Å²) in [5.41, 5.74) is 1.54. The van der Waals surface area contributed by atoms with E-state index in [-0.39, 0.29) is 12.0 Å². The molecule has 1 N–H and O–H groups in total. The van der Waals surface area contributed by atoms with E-state index in [9.17, 15) is 5.11 Å². The van der Waals surface area contributed by atoms with Gasteiger partial charge in [0.2, 0.25) is 0 Å². The first-order valence-electron chi connectivity index (χ1n) is 6.04. The molecule has 2 heteroatoms. The van der Waals surface area contributed by atoms with E-state index in [0.29, 0.717) is 5.92 Å². The monoisotopic (exact) mass is 219 g/mol. The first kappa shape index (κ1) is 11.5. The van der Waals surface area contributed by atoms with Gasteiger partial charge in [0.05, 0.1) is 0 Å². The molecule has 1 unspecified atom stereocenters. The maximum absolute atomic E-state index is 9.46. The van der Waals surface area contributed by atoms with Crippen LogP contribution in [0.4, 0.5) is 5.69 Å². The molecular weight excluding hydrogens is 198 g/mol. The molecule has 1 fully saturated rings. The van der Waals surface area contributed by atoms with Crippen molar-refractivity contribution in [3.05, 3.63) is 30.3 Å². The minimum Gasteiger partial charge on any atom is -0.396 e. The summed E-state index contributed by atoms with van der Waals surface area (Å²) in [6.45, 7) is 6.86. The molecule has 1 aliphatic rings. The van der Waals surface area contributed by atoms with E-state index < -0.39 is 0 Å². The summed E-state index contributed by atoms with van der Waals surface area (Å²) in [7, 11) is 0. The summed E-state index contributed by atoms with van der Waals surface area (Å²) >= 11 is 0. The molecule has 1 saturated heterocycles. The quantitative estimate of drug-likeness (QED) is 0.826. The number of rotatable bonds is 2. The lowest BCUT2D eigenvalue weighted by Gasteiger charge is -2.44. The predicted octanol–water partition coefficient (Wildman–Crippen LogP) is 2.53. The van der Waals surface area contributed by atoms with Gasteiger partial charge in [0.1, 0.15) is 0 Å². The predicted molar refractivity (Wildman–Crippen MR) is 67.6 cm³/mol. The molecule has 0 spiro atoms. The van der Waals surface area contributed by atoms with Gasteiger partial charge in [-0.25, -0.2) is 0 Å². The van der Waals surface area contributed by atoms with Crippen LogP contribution in [-0.2, 0) is 0 Å². The Balaban J connectivity index is 2.11. The van der Waals surface area contributed by atoms with Crippen molar-refractivity contribution in [2.75, 3.05) is 24.6 Å². The Morgan fingerprint density at radius 2 is 2.00 bits per heavy atom. The molecule has 0 aliphatic carbocycles. The van der Waals surface area contributed by atoms with Crippen LogP contribution < -0.4 is 4.90 Å². The smallest absolute Gasteiger partial charge is 0.0481 e. The van der Waals surface area contributed by atoms with E-state index in [1.165, 1.54) is 5.69 Å². The molecule has 2 nitrogen and oxygen atoms in total.